The number of nitrogens with zero attached hydrogens (tertiary/aromatic N) is 5. The molecule has 0 aliphatic rings. The molecule has 0 saturated carbocycles. The fourth-order valence-electron chi connectivity index (χ4n) is 8.53. The summed E-state index contributed by atoms with van der Waals surface area (Å²) in [4.78, 5) is 14.9. The van der Waals surface area contributed by atoms with E-state index in [1.165, 1.54) is 27.2 Å². The molecule has 8 aromatic carbocycles. The monoisotopic (exact) mass is 729 g/mol. The summed E-state index contributed by atoms with van der Waals surface area (Å²) in [6.07, 6.45) is 0. The van der Waals surface area contributed by atoms with Gasteiger partial charge in [-0.05, 0) is 66.7 Å². The average Bonchev–Trinajstić information content (AvgIpc) is 3.92. The van der Waals surface area contributed by atoms with Crippen LogP contribution in [0.25, 0.3) is 111 Å². The maximum atomic E-state index is 6.48. The Balaban J connectivity index is 1.10. The van der Waals surface area contributed by atoms with E-state index in [1.54, 1.807) is 0 Å². The first-order valence-corrected chi connectivity index (χ1v) is 19.1. The molecule has 4 aromatic heterocycles. The van der Waals surface area contributed by atoms with Crippen molar-refractivity contribution in [2.24, 2.45) is 0 Å². The summed E-state index contributed by atoms with van der Waals surface area (Å²) in [5.74, 6) is 1.90. The Hall–Kier alpha value is -7.83. The summed E-state index contributed by atoms with van der Waals surface area (Å²) in [6, 6.07) is 65.6. The van der Waals surface area contributed by atoms with E-state index in [0.29, 0.717) is 17.5 Å². The second-order valence-electron chi connectivity index (χ2n) is 14.5. The number of rotatable bonds is 5. The van der Waals surface area contributed by atoms with Crippen molar-refractivity contribution in [2.75, 3.05) is 0 Å². The zero-order valence-electron chi connectivity index (χ0n) is 30.5. The van der Waals surface area contributed by atoms with Crippen LogP contribution in [0.2, 0.25) is 0 Å². The van der Waals surface area contributed by atoms with Crippen LogP contribution in [0.1, 0.15) is 0 Å². The molecule has 0 atom stereocenters. The van der Waals surface area contributed by atoms with Gasteiger partial charge in [-0.1, -0.05) is 115 Å². The lowest BCUT2D eigenvalue weighted by Gasteiger charge is -2.11. The summed E-state index contributed by atoms with van der Waals surface area (Å²) in [6.45, 7) is 0. The summed E-state index contributed by atoms with van der Waals surface area (Å²) in [5.41, 5.74) is 11.2. The zero-order valence-corrected chi connectivity index (χ0v) is 30.5. The topological polar surface area (TPSA) is 61.7 Å². The summed E-state index contributed by atoms with van der Waals surface area (Å²) < 4.78 is 11.2. The first-order valence-electron chi connectivity index (χ1n) is 19.1. The van der Waals surface area contributed by atoms with Crippen molar-refractivity contribution >= 4 is 65.6 Å². The molecule has 0 radical (unpaired) electrons. The van der Waals surface area contributed by atoms with Crippen molar-refractivity contribution < 1.29 is 4.42 Å². The Labute approximate surface area is 326 Å². The Bertz CT molecular complexity index is 3430. The number of fused-ring (bicyclic) bond motifs is 9. The van der Waals surface area contributed by atoms with E-state index in [-0.39, 0.29) is 0 Å². The molecule has 6 nitrogen and oxygen atoms in total. The Morgan fingerprint density at radius 1 is 0.298 bits per heavy atom. The van der Waals surface area contributed by atoms with Crippen LogP contribution in [-0.2, 0) is 0 Å². The number of aromatic nitrogens is 5. The number of furan rings is 1. The fourth-order valence-corrected chi connectivity index (χ4v) is 8.53. The van der Waals surface area contributed by atoms with Crippen molar-refractivity contribution in [2.45, 2.75) is 0 Å². The van der Waals surface area contributed by atoms with Crippen LogP contribution in [0.15, 0.2) is 192 Å². The summed E-state index contributed by atoms with van der Waals surface area (Å²) in [7, 11) is 0. The van der Waals surface area contributed by atoms with Crippen molar-refractivity contribution in [3.05, 3.63) is 188 Å². The van der Waals surface area contributed by atoms with Crippen LogP contribution < -0.4 is 0 Å². The van der Waals surface area contributed by atoms with Gasteiger partial charge in [-0.25, -0.2) is 15.0 Å². The number of hydrogen-bond acceptors (Lipinski definition) is 4. The smallest absolute Gasteiger partial charge is 0.164 e. The van der Waals surface area contributed by atoms with Crippen LogP contribution in [0.5, 0.6) is 0 Å². The SMILES string of the molecule is c1ccc(-c2nc(-c3ccccc3)nc(-c3ccc(-n4c5cc6oc7ccccc7c6cc5c5cc6c(cc54)c4ccccc4n6-c4ccccc4)cc3)n2)cc1. The average molecular weight is 730 g/mol. The molecule has 12 rings (SSSR count). The standard InChI is InChI=1S/C51H31N5O/c1-4-14-32(15-5-1)49-52-50(33-16-6-2-7-17-33)54-51(53-49)34-24-26-36(27-25-34)56-45-29-40-37-20-10-12-22-43(37)55(35-18-8-3-9-19-35)44(40)30-41(45)39-28-42-38-21-11-13-23-47(38)57-48(42)31-46(39)56/h1-31H. The molecule has 0 N–H and O–H groups in total. The van der Waals surface area contributed by atoms with Gasteiger partial charge >= 0.3 is 0 Å². The molecule has 12 aromatic rings. The van der Waals surface area contributed by atoms with Gasteiger partial charge in [0.15, 0.2) is 17.5 Å². The van der Waals surface area contributed by atoms with Crippen LogP contribution >= 0.6 is 0 Å². The quantitative estimate of drug-likeness (QED) is 0.177. The van der Waals surface area contributed by atoms with Gasteiger partial charge in [0, 0.05) is 66.4 Å². The minimum atomic E-state index is 0.621. The molecule has 0 unspecified atom stereocenters. The number of hydrogen-bond donors (Lipinski definition) is 0. The van der Waals surface area contributed by atoms with Gasteiger partial charge in [0.05, 0.1) is 22.1 Å². The molecular formula is C51H31N5O. The normalized spacial score (nSPS) is 11.9. The van der Waals surface area contributed by atoms with Gasteiger partial charge in [0.2, 0.25) is 0 Å². The molecule has 0 aliphatic heterocycles. The molecule has 57 heavy (non-hydrogen) atoms. The Morgan fingerprint density at radius 3 is 1.40 bits per heavy atom. The van der Waals surface area contributed by atoms with Crippen LogP contribution in [0.4, 0.5) is 0 Å². The second kappa shape index (κ2) is 12.3. The molecule has 0 aliphatic carbocycles. The molecule has 266 valence electrons. The van der Waals surface area contributed by atoms with Gasteiger partial charge < -0.3 is 13.6 Å². The van der Waals surface area contributed by atoms with E-state index in [2.05, 4.69) is 124 Å². The zero-order chi connectivity index (χ0) is 37.5. The van der Waals surface area contributed by atoms with Gasteiger partial charge in [0.25, 0.3) is 0 Å². The molecule has 0 fully saturated rings. The van der Waals surface area contributed by atoms with Crippen LogP contribution in [0, 0.1) is 0 Å². The van der Waals surface area contributed by atoms with Gasteiger partial charge in [-0.15, -0.1) is 0 Å². The van der Waals surface area contributed by atoms with Gasteiger partial charge in [-0.3, -0.25) is 0 Å². The number of para-hydroxylation sites is 3. The Morgan fingerprint density at radius 2 is 0.754 bits per heavy atom. The molecule has 6 heteroatoms. The highest BCUT2D eigenvalue weighted by Crippen LogP contribution is 2.42. The molecule has 0 bridgehead atoms. The first-order chi connectivity index (χ1) is 28.2. The Kier molecular flexibility index (Phi) is 6.83. The van der Waals surface area contributed by atoms with E-state index in [9.17, 15) is 0 Å². The van der Waals surface area contributed by atoms with E-state index in [0.717, 1.165) is 66.4 Å². The van der Waals surface area contributed by atoms with Gasteiger partial charge in [-0.2, -0.15) is 0 Å². The van der Waals surface area contributed by atoms with Crippen molar-refractivity contribution in [3.8, 4) is 45.5 Å². The van der Waals surface area contributed by atoms with E-state index in [1.807, 2.05) is 72.8 Å². The highest BCUT2D eigenvalue weighted by Gasteiger charge is 2.21. The lowest BCUT2D eigenvalue weighted by atomic mass is 10.1. The fraction of sp³-hybridized carbons (Fsp3) is 0. The largest absolute Gasteiger partial charge is 0.456 e. The maximum absolute atomic E-state index is 6.48. The second-order valence-corrected chi connectivity index (χ2v) is 14.5. The van der Waals surface area contributed by atoms with Crippen LogP contribution in [-0.4, -0.2) is 24.1 Å². The first kappa shape index (κ1) is 31.5. The van der Waals surface area contributed by atoms with E-state index in [4.69, 9.17) is 19.4 Å². The van der Waals surface area contributed by atoms with Crippen molar-refractivity contribution in [1.29, 1.82) is 0 Å². The van der Waals surface area contributed by atoms with Gasteiger partial charge in [0.1, 0.15) is 11.2 Å². The van der Waals surface area contributed by atoms with E-state index < -0.39 is 0 Å². The van der Waals surface area contributed by atoms with Crippen LogP contribution in [0.3, 0.4) is 0 Å². The van der Waals surface area contributed by atoms with E-state index >= 15 is 0 Å². The predicted molar refractivity (Wildman–Crippen MR) is 232 cm³/mol. The third-order valence-electron chi connectivity index (χ3n) is 11.2. The summed E-state index contributed by atoms with van der Waals surface area (Å²) >= 11 is 0. The molecule has 0 amide bonds. The highest BCUT2D eigenvalue weighted by molar-refractivity contribution is 6.22. The predicted octanol–water partition coefficient (Wildman–Crippen LogP) is 13.0. The molecular weight excluding hydrogens is 699 g/mol. The molecule has 4 heterocycles. The minimum absolute atomic E-state index is 0.621. The lowest BCUT2D eigenvalue weighted by molar-refractivity contribution is 0.669. The van der Waals surface area contributed by atoms with Crippen molar-refractivity contribution in [1.82, 2.24) is 24.1 Å². The van der Waals surface area contributed by atoms with Crippen molar-refractivity contribution in [3.63, 3.8) is 0 Å². The maximum Gasteiger partial charge on any atom is 0.164 e. The summed E-state index contributed by atoms with van der Waals surface area (Å²) in [5, 5.41) is 6.96. The highest BCUT2D eigenvalue weighted by atomic mass is 16.3. The number of benzene rings is 8. The minimum Gasteiger partial charge on any atom is -0.456 e. The lowest BCUT2D eigenvalue weighted by Crippen LogP contribution is -2.00. The molecule has 0 saturated heterocycles. The molecule has 0 spiro atoms. The third-order valence-corrected chi connectivity index (χ3v) is 11.2. The third kappa shape index (κ3) is 4.94.